The van der Waals surface area contributed by atoms with Gasteiger partial charge in [-0.05, 0) is 6.07 Å². The fraction of sp³-hybridized carbons (Fsp3) is 0.500. The molecule has 8 heteroatoms. The number of carbonyl (C=O) groups is 1. The second-order valence-electron chi connectivity index (χ2n) is 6.55. The van der Waals surface area contributed by atoms with E-state index in [1.165, 1.54) is 0 Å². The molecule has 0 spiro atoms. The quantitative estimate of drug-likeness (QED) is 0.918. The van der Waals surface area contributed by atoms with E-state index in [1.54, 1.807) is 11.1 Å². The Labute approximate surface area is 140 Å². The van der Waals surface area contributed by atoms with E-state index in [4.69, 9.17) is 0 Å². The number of hydrogen-bond donors (Lipinski definition) is 1. The Bertz CT molecular complexity index is 750. The fourth-order valence-corrected chi connectivity index (χ4v) is 3.01. The number of carbonyl (C=O) groups excluding carboxylic acids is 1. The molecule has 1 N–H and O–H groups in total. The predicted molar refractivity (Wildman–Crippen MR) is 90.3 cm³/mol. The standard InChI is InChI=1S/C16H21N7O/c1-11(2)15-17-4-3-14(20-15)21-8-13(9-21)23-10-12(7-19-23)22-6-5-18-16(22)24/h3-4,7,10-11,13H,5-6,8-9H2,1-2H3,(H,18,24). The van der Waals surface area contributed by atoms with Crippen LogP contribution in [0.2, 0.25) is 0 Å². The summed E-state index contributed by atoms with van der Waals surface area (Å²) in [6, 6.07) is 2.21. The van der Waals surface area contributed by atoms with Crippen LogP contribution in [0.5, 0.6) is 0 Å². The Kier molecular flexibility index (Phi) is 3.59. The van der Waals surface area contributed by atoms with Crippen molar-refractivity contribution in [2.24, 2.45) is 0 Å². The number of hydrogen-bond acceptors (Lipinski definition) is 5. The van der Waals surface area contributed by atoms with Gasteiger partial charge in [-0.2, -0.15) is 5.10 Å². The molecule has 8 nitrogen and oxygen atoms in total. The minimum absolute atomic E-state index is 0.0491. The lowest BCUT2D eigenvalue weighted by molar-refractivity contribution is 0.252. The zero-order chi connectivity index (χ0) is 16.7. The summed E-state index contributed by atoms with van der Waals surface area (Å²) in [6.45, 7) is 7.30. The van der Waals surface area contributed by atoms with Gasteiger partial charge >= 0.3 is 6.03 Å². The molecule has 0 aliphatic carbocycles. The van der Waals surface area contributed by atoms with Crippen LogP contribution in [-0.2, 0) is 0 Å². The van der Waals surface area contributed by atoms with E-state index < -0.39 is 0 Å². The third-order valence-electron chi connectivity index (χ3n) is 4.49. The molecule has 0 aromatic carbocycles. The van der Waals surface area contributed by atoms with Crippen LogP contribution in [0, 0.1) is 0 Å². The van der Waals surface area contributed by atoms with Crippen LogP contribution < -0.4 is 15.1 Å². The second kappa shape index (κ2) is 5.77. The first kappa shape index (κ1) is 14.9. The van der Waals surface area contributed by atoms with Gasteiger partial charge in [-0.3, -0.25) is 9.58 Å². The molecule has 2 saturated heterocycles. The Balaban J connectivity index is 1.42. The van der Waals surface area contributed by atoms with Crippen molar-refractivity contribution in [1.29, 1.82) is 0 Å². The highest BCUT2D eigenvalue weighted by Crippen LogP contribution is 2.28. The van der Waals surface area contributed by atoms with E-state index in [0.717, 1.165) is 30.4 Å². The Hall–Kier alpha value is -2.64. The summed E-state index contributed by atoms with van der Waals surface area (Å²) in [5, 5.41) is 7.23. The lowest BCUT2D eigenvalue weighted by atomic mass is 10.1. The summed E-state index contributed by atoms with van der Waals surface area (Å²) in [5.74, 6) is 2.16. The normalized spacial score (nSPS) is 18.2. The van der Waals surface area contributed by atoms with Crippen molar-refractivity contribution in [3.8, 4) is 0 Å². The van der Waals surface area contributed by atoms with Crippen LogP contribution in [0.15, 0.2) is 24.7 Å². The van der Waals surface area contributed by atoms with Crippen molar-refractivity contribution in [3.05, 3.63) is 30.5 Å². The van der Waals surface area contributed by atoms with Crippen molar-refractivity contribution in [1.82, 2.24) is 25.1 Å². The summed E-state index contributed by atoms with van der Waals surface area (Å²) in [6.07, 6.45) is 5.53. The molecule has 0 saturated carbocycles. The van der Waals surface area contributed by atoms with Gasteiger partial charge in [0.25, 0.3) is 0 Å². The van der Waals surface area contributed by atoms with Gasteiger partial charge in [0, 0.05) is 44.5 Å². The maximum atomic E-state index is 11.7. The Morgan fingerprint density at radius 3 is 2.88 bits per heavy atom. The van der Waals surface area contributed by atoms with Gasteiger partial charge in [-0.15, -0.1) is 0 Å². The topological polar surface area (TPSA) is 79.2 Å². The number of aromatic nitrogens is 4. The van der Waals surface area contributed by atoms with Crippen LogP contribution in [0.3, 0.4) is 0 Å². The van der Waals surface area contributed by atoms with Gasteiger partial charge in [0.1, 0.15) is 11.6 Å². The molecule has 0 atom stereocenters. The molecule has 2 fully saturated rings. The van der Waals surface area contributed by atoms with E-state index in [0.29, 0.717) is 25.0 Å². The monoisotopic (exact) mass is 327 g/mol. The highest BCUT2D eigenvalue weighted by atomic mass is 16.2. The van der Waals surface area contributed by atoms with Gasteiger partial charge in [0.2, 0.25) is 0 Å². The van der Waals surface area contributed by atoms with Crippen LogP contribution in [0.1, 0.15) is 31.6 Å². The van der Waals surface area contributed by atoms with E-state index in [9.17, 15) is 4.79 Å². The highest BCUT2D eigenvalue weighted by molar-refractivity contribution is 5.93. The zero-order valence-corrected chi connectivity index (χ0v) is 13.9. The average Bonchev–Trinajstić information content (AvgIpc) is 3.15. The van der Waals surface area contributed by atoms with Crippen molar-refractivity contribution >= 4 is 17.5 Å². The van der Waals surface area contributed by atoms with Crippen LogP contribution in [0.25, 0.3) is 0 Å². The van der Waals surface area contributed by atoms with E-state index in [2.05, 4.69) is 39.1 Å². The third-order valence-corrected chi connectivity index (χ3v) is 4.49. The maximum Gasteiger partial charge on any atom is 0.322 e. The Morgan fingerprint density at radius 1 is 1.33 bits per heavy atom. The minimum Gasteiger partial charge on any atom is -0.352 e. The molecule has 2 aromatic heterocycles. The largest absolute Gasteiger partial charge is 0.352 e. The van der Waals surface area contributed by atoms with Gasteiger partial charge < -0.3 is 10.2 Å². The molecule has 2 amide bonds. The number of anilines is 2. The van der Waals surface area contributed by atoms with Crippen LogP contribution >= 0.6 is 0 Å². The summed E-state index contributed by atoms with van der Waals surface area (Å²) in [7, 11) is 0. The molecule has 2 aliphatic rings. The lowest BCUT2D eigenvalue weighted by Gasteiger charge is -2.40. The molecule has 4 rings (SSSR count). The van der Waals surface area contributed by atoms with E-state index >= 15 is 0 Å². The first-order chi connectivity index (χ1) is 11.6. The summed E-state index contributed by atoms with van der Waals surface area (Å²) < 4.78 is 1.95. The van der Waals surface area contributed by atoms with Gasteiger partial charge in [-0.25, -0.2) is 14.8 Å². The molecule has 4 heterocycles. The lowest BCUT2D eigenvalue weighted by Crippen LogP contribution is -2.48. The molecular weight excluding hydrogens is 306 g/mol. The SMILES string of the molecule is CC(C)c1nccc(N2CC(n3cc(N4CCNC4=O)cn3)C2)n1. The molecule has 0 unspecified atom stereocenters. The number of urea groups is 1. The molecular formula is C16H21N7O. The average molecular weight is 327 g/mol. The number of rotatable bonds is 4. The highest BCUT2D eigenvalue weighted by Gasteiger charge is 2.31. The molecule has 2 aromatic rings. The smallest absolute Gasteiger partial charge is 0.322 e. The summed E-state index contributed by atoms with van der Waals surface area (Å²) in [5.41, 5.74) is 0.854. The summed E-state index contributed by atoms with van der Waals surface area (Å²) in [4.78, 5) is 24.6. The number of nitrogens with zero attached hydrogens (tertiary/aromatic N) is 6. The molecule has 24 heavy (non-hydrogen) atoms. The first-order valence-corrected chi connectivity index (χ1v) is 8.29. The molecule has 0 bridgehead atoms. The second-order valence-corrected chi connectivity index (χ2v) is 6.55. The summed E-state index contributed by atoms with van der Waals surface area (Å²) >= 11 is 0. The number of nitrogens with one attached hydrogen (secondary N) is 1. The van der Waals surface area contributed by atoms with E-state index in [-0.39, 0.29) is 6.03 Å². The fourth-order valence-electron chi connectivity index (χ4n) is 3.01. The predicted octanol–water partition coefficient (Wildman–Crippen LogP) is 1.39. The van der Waals surface area contributed by atoms with Gasteiger partial charge in [0.05, 0.1) is 17.9 Å². The Morgan fingerprint density at radius 2 is 2.17 bits per heavy atom. The van der Waals surface area contributed by atoms with Crippen LogP contribution in [0.4, 0.5) is 16.3 Å². The van der Waals surface area contributed by atoms with Crippen molar-refractivity contribution in [2.45, 2.75) is 25.8 Å². The maximum absolute atomic E-state index is 11.7. The molecule has 2 aliphatic heterocycles. The van der Waals surface area contributed by atoms with E-state index in [1.807, 2.05) is 23.1 Å². The van der Waals surface area contributed by atoms with Gasteiger partial charge in [0.15, 0.2) is 0 Å². The van der Waals surface area contributed by atoms with Crippen molar-refractivity contribution < 1.29 is 4.79 Å². The van der Waals surface area contributed by atoms with Crippen molar-refractivity contribution in [3.63, 3.8) is 0 Å². The third kappa shape index (κ3) is 2.57. The molecule has 126 valence electrons. The van der Waals surface area contributed by atoms with Gasteiger partial charge in [-0.1, -0.05) is 13.8 Å². The minimum atomic E-state index is -0.0491. The van der Waals surface area contributed by atoms with Crippen molar-refractivity contribution in [2.75, 3.05) is 36.0 Å². The number of amides is 2. The molecule has 0 radical (unpaired) electrons. The first-order valence-electron chi connectivity index (χ1n) is 8.29. The zero-order valence-electron chi connectivity index (χ0n) is 13.9. The van der Waals surface area contributed by atoms with Crippen LogP contribution in [-0.4, -0.2) is 52.0 Å².